The van der Waals surface area contributed by atoms with Crippen molar-refractivity contribution in [3.05, 3.63) is 12.4 Å². The van der Waals surface area contributed by atoms with Crippen molar-refractivity contribution in [2.24, 2.45) is 0 Å². The number of anilines is 1. The summed E-state index contributed by atoms with van der Waals surface area (Å²) in [6.45, 7) is 3.51. The van der Waals surface area contributed by atoms with Crippen LogP contribution in [0.15, 0.2) is 17.4 Å². The summed E-state index contributed by atoms with van der Waals surface area (Å²) >= 11 is 1.60. The van der Waals surface area contributed by atoms with E-state index in [9.17, 15) is 5.11 Å². The Balaban J connectivity index is 2.14. The van der Waals surface area contributed by atoms with Crippen molar-refractivity contribution in [1.29, 1.82) is 0 Å². The van der Waals surface area contributed by atoms with Crippen molar-refractivity contribution in [2.75, 3.05) is 30.9 Å². The number of aliphatic hydroxyl groups excluding tert-OH is 1. The second-order valence-corrected chi connectivity index (χ2v) is 4.90. The number of nitrogens with zero attached hydrogens (tertiary/aromatic N) is 3. The van der Waals surface area contributed by atoms with Gasteiger partial charge >= 0.3 is 0 Å². The van der Waals surface area contributed by atoms with Gasteiger partial charge in [0.15, 0.2) is 0 Å². The Kier molecular flexibility index (Phi) is 4.20. The summed E-state index contributed by atoms with van der Waals surface area (Å²) in [5.41, 5.74) is 0. The van der Waals surface area contributed by atoms with E-state index in [4.69, 9.17) is 4.74 Å². The van der Waals surface area contributed by atoms with E-state index < -0.39 is 0 Å². The summed E-state index contributed by atoms with van der Waals surface area (Å²) in [5.74, 6) is 0.901. The van der Waals surface area contributed by atoms with Crippen LogP contribution < -0.4 is 4.90 Å². The van der Waals surface area contributed by atoms with Crippen molar-refractivity contribution in [1.82, 2.24) is 9.97 Å². The van der Waals surface area contributed by atoms with E-state index in [-0.39, 0.29) is 18.8 Å². The first kappa shape index (κ1) is 12.6. The number of hydrogen-bond acceptors (Lipinski definition) is 6. The molecule has 94 valence electrons. The number of aliphatic hydroxyl groups is 1. The van der Waals surface area contributed by atoms with Crippen molar-refractivity contribution in [2.45, 2.75) is 24.2 Å². The Morgan fingerprint density at radius 2 is 2.35 bits per heavy atom. The molecular formula is C11H17N3O2S. The van der Waals surface area contributed by atoms with Crippen molar-refractivity contribution in [3.63, 3.8) is 0 Å². The molecule has 1 N–H and O–H groups in total. The molecule has 17 heavy (non-hydrogen) atoms. The smallest absolute Gasteiger partial charge is 0.133 e. The fraction of sp³-hybridized carbons (Fsp3) is 0.636. The van der Waals surface area contributed by atoms with Crippen LogP contribution in [-0.4, -0.2) is 53.2 Å². The zero-order valence-corrected chi connectivity index (χ0v) is 10.9. The largest absolute Gasteiger partial charge is 0.394 e. The highest BCUT2D eigenvalue weighted by atomic mass is 32.2. The Morgan fingerprint density at radius 3 is 3.06 bits per heavy atom. The van der Waals surface area contributed by atoms with Gasteiger partial charge in [0.2, 0.25) is 0 Å². The zero-order chi connectivity index (χ0) is 12.3. The maximum absolute atomic E-state index is 9.19. The predicted molar refractivity (Wildman–Crippen MR) is 67.4 cm³/mol. The molecule has 0 spiro atoms. The summed E-state index contributed by atoms with van der Waals surface area (Å²) in [6, 6.07) is 1.97. The van der Waals surface area contributed by atoms with Gasteiger partial charge in [0, 0.05) is 19.2 Å². The van der Waals surface area contributed by atoms with Crippen molar-refractivity contribution in [3.8, 4) is 0 Å². The van der Waals surface area contributed by atoms with E-state index >= 15 is 0 Å². The molecule has 0 aliphatic carbocycles. The molecule has 0 bridgehead atoms. The van der Waals surface area contributed by atoms with Gasteiger partial charge in [0.05, 0.1) is 18.8 Å². The Morgan fingerprint density at radius 1 is 1.53 bits per heavy atom. The Bertz CT molecular complexity index is 377. The Hall–Kier alpha value is -0.850. The van der Waals surface area contributed by atoms with Crippen LogP contribution in [0.3, 0.4) is 0 Å². The Labute approximate surface area is 105 Å². The number of thioether (sulfide) groups is 1. The third-order valence-electron chi connectivity index (χ3n) is 2.69. The van der Waals surface area contributed by atoms with Gasteiger partial charge in [-0.05, 0) is 13.2 Å². The van der Waals surface area contributed by atoms with Crippen LogP contribution >= 0.6 is 11.8 Å². The molecule has 1 aromatic rings. The maximum Gasteiger partial charge on any atom is 0.133 e. The van der Waals surface area contributed by atoms with Gasteiger partial charge in [-0.2, -0.15) is 0 Å². The summed E-state index contributed by atoms with van der Waals surface area (Å²) < 4.78 is 5.60. The molecule has 0 amide bonds. The molecule has 0 saturated carbocycles. The highest BCUT2D eigenvalue weighted by Crippen LogP contribution is 2.21. The van der Waals surface area contributed by atoms with E-state index in [0.29, 0.717) is 6.54 Å². The standard InChI is InChI=1S/C11H17N3O2S/c1-8-4-14(5-9(6-15)16-8)10-3-11(17-2)13-7-12-10/h3,7-9,15H,4-6H2,1-2H3. The van der Waals surface area contributed by atoms with Gasteiger partial charge in [-0.25, -0.2) is 9.97 Å². The average Bonchev–Trinajstić information content (AvgIpc) is 2.38. The fourth-order valence-electron chi connectivity index (χ4n) is 1.95. The molecule has 2 heterocycles. The first-order chi connectivity index (χ1) is 8.22. The number of morpholine rings is 1. The van der Waals surface area contributed by atoms with Crippen molar-refractivity contribution >= 4 is 17.6 Å². The van der Waals surface area contributed by atoms with Crippen LogP contribution in [0.1, 0.15) is 6.92 Å². The van der Waals surface area contributed by atoms with E-state index in [1.807, 2.05) is 19.2 Å². The van der Waals surface area contributed by atoms with Gasteiger partial charge in [-0.15, -0.1) is 11.8 Å². The quantitative estimate of drug-likeness (QED) is 0.636. The fourth-order valence-corrected chi connectivity index (χ4v) is 2.32. The number of rotatable bonds is 3. The van der Waals surface area contributed by atoms with Gasteiger partial charge in [0.1, 0.15) is 17.2 Å². The molecule has 2 atom stereocenters. The summed E-state index contributed by atoms with van der Waals surface area (Å²) in [5, 5.41) is 10.1. The predicted octanol–water partition coefficient (Wildman–Crippen LogP) is 0.784. The highest BCUT2D eigenvalue weighted by molar-refractivity contribution is 7.98. The lowest BCUT2D eigenvalue weighted by molar-refractivity contribution is -0.0423. The molecule has 6 heteroatoms. The van der Waals surface area contributed by atoms with E-state index in [0.717, 1.165) is 17.4 Å². The molecule has 1 aromatic heterocycles. The average molecular weight is 255 g/mol. The minimum Gasteiger partial charge on any atom is -0.394 e. The minimum absolute atomic E-state index is 0.0430. The molecule has 0 radical (unpaired) electrons. The normalized spacial score (nSPS) is 25.0. The van der Waals surface area contributed by atoms with E-state index in [1.165, 1.54) is 0 Å². The third-order valence-corrected chi connectivity index (χ3v) is 3.33. The molecule has 1 aliphatic rings. The van der Waals surface area contributed by atoms with Crippen LogP contribution in [0.4, 0.5) is 5.82 Å². The molecule has 2 rings (SSSR count). The summed E-state index contributed by atoms with van der Waals surface area (Å²) in [4.78, 5) is 10.6. The lowest BCUT2D eigenvalue weighted by Gasteiger charge is -2.36. The molecule has 1 saturated heterocycles. The van der Waals surface area contributed by atoms with Gasteiger partial charge in [0.25, 0.3) is 0 Å². The van der Waals surface area contributed by atoms with Crippen LogP contribution in [0, 0.1) is 0 Å². The molecule has 0 aromatic carbocycles. The van der Waals surface area contributed by atoms with Gasteiger partial charge in [-0.3, -0.25) is 0 Å². The molecule has 2 unspecified atom stereocenters. The van der Waals surface area contributed by atoms with Crippen LogP contribution in [0.25, 0.3) is 0 Å². The van der Waals surface area contributed by atoms with Crippen LogP contribution in [0.5, 0.6) is 0 Å². The van der Waals surface area contributed by atoms with Gasteiger partial charge < -0.3 is 14.7 Å². The first-order valence-electron chi connectivity index (χ1n) is 5.60. The third kappa shape index (κ3) is 3.08. The summed E-state index contributed by atoms with van der Waals surface area (Å²) in [6.07, 6.45) is 3.54. The van der Waals surface area contributed by atoms with Crippen molar-refractivity contribution < 1.29 is 9.84 Å². The second kappa shape index (κ2) is 5.66. The SMILES string of the molecule is CSc1cc(N2CC(C)OC(CO)C2)ncn1. The molecule has 1 aliphatic heterocycles. The summed E-state index contributed by atoms with van der Waals surface area (Å²) in [7, 11) is 0. The van der Waals surface area contributed by atoms with E-state index in [2.05, 4.69) is 14.9 Å². The molecular weight excluding hydrogens is 238 g/mol. The van der Waals surface area contributed by atoms with Crippen LogP contribution in [0.2, 0.25) is 0 Å². The highest BCUT2D eigenvalue weighted by Gasteiger charge is 2.25. The number of hydrogen-bond donors (Lipinski definition) is 1. The van der Waals surface area contributed by atoms with Gasteiger partial charge in [-0.1, -0.05) is 0 Å². The number of ether oxygens (including phenoxy) is 1. The second-order valence-electron chi connectivity index (χ2n) is 4.07. The number of aromatic nitrogens is 2. The zero-order valence-electron chi connectivity index (χ0n) is 10.0. The topological polar surface area (TPSA) is 58.5 Å². The monoisotopic (exact) mass is 255 g/mol. The van der Waals surface area contributed by atoms with E-state index in [1.54, 1.807) is 18.1 Å². The molecule has 1 fully saturated rings. The maximum atomic E-state index is 9.19. The first-order valence-corrected chi connectivity index (χ1v) is 6.82. The van der Waals surface area contributed by atoms with Crippen LogP contribution in [-0.2, 0) is 4.74 Å². The molecule has 5 nitrogen and oxygen atoms in total. The lowest BCUT2D eigenvalue weighted by atomic mass is 10.2. The lowest BCUT2D eigenvalue weighted by Crippen LogP contribution is -2.48. The minimum atomic E-state index is -0.133.